The molecule has 0 radical (unpaired) electrons. The summed E-state index contributed by atoms with van der Waals surface area (Å²) in [5, 5.41) is 1.23. The Labute approximate surface area is 135 Å². The predicted octanol–water partition coefficient (Wildman–Crippen LogP) is 1.92. The van der Waals surface area contributed by atoms with E-state index in [4.69, 9.17) is 15.8 Å². The predicted molar refractivity (Wildman–Crippen MR) is 82.5 cm³/mol. The van der Waals surface area contributed by atoms with Crippen molar-refractivity contribution in [3.63, 3.8) is 0 Å². The van der Waals surface area contributed by atoms with Crippen LogP contribution in [0.2, 0.25) is 2.82 Å². The van der Waals surface area contributed by atoms with Gasteiger partial charge < -0.3 is 19.9 Å². The lowest BCUT2D eigenvalue weighted by Gasteiger charge is -2.09. The third-order valence-corrected chi connectivity index (χ3v) is 3.35. The van der Waals surface area contributed by atoms with Crippen LogP contribution in [-0.4, -0.2) is 49.1 Å². The molecule has 5 heteroatoms. The Hall–Kier alpha value is -2.01. The number of benzene rings is 1. The van der Waals surface area contributed by atoms with Crippen molar-refractivity contribution in [2.24, 2.45) is 0 Å². The molecule has 2 N–H and O–H groups in total. The van der Waals surface area contributed by atoms with E-state index in [-0.39, 0.29) is 24.8 Å². The molecule has 0 aliphatic carbocycles. The Morgan fingerprint density at radius 2 is 2.57 bits per heavy atom. The number of rotatable bonds is 5. The second-order valence-electron chi connectivity index (χ2n) is 5.01. The molecule has 3 rings (SSSR count). The third kappa shape index (κ3) is 3.19. The lowest BCUT2D eigenvalue weighted by molar-refractivity contribution is 0.177. The van der Waals surface area contributed by atoms with Gasteiger partial charge in [0.1, 0.15) is 6.61 Å². The van der Waals surface area contributed by atoms with Gasteiger partial charge in [0.25, 0.3) is 0 Å². The number of nitrogens with one attached hydrogen (secondary N) is 2. The second kappa shape index (κ2) is 5.77. The fraction of sp³-hybridized carbons (Fsp3) is 0.438. The Bertz CT molecular complexity index is 942. The summed E-state index contributed by atoms with van der Waals surface area (Å²) in [6, 6.07) is 4.56. The van der Waals surface area contributed by atoms with Gasteiger partial charge >= 0.3 is 6.09 Å². The summed E-state index contributed by atoms with van der Waals surface area (Å²) in [7, 11) is 1.15. The fourth-order valence-corrected chi connectivity index (χ4v) is 2.34. The van der Waals surface area contributed by atoms with Gasteiger partial charge in [-0.1, -0.05) is 6.07 Å². The molecule has 0 spiro atoms. The Morgan fingerprint density at radius 3 is 3.33 bits per heavy atom. The number of aromatic amines is 1. The fourth-order valence-electron chi connectivity index (χ4n) is 2.34. The number of ether oxygens (including phenoxy) is 1. The van der Waals surface area contributed by atoms with Crippen LogP contribution < -0.4 is 5.31 Å². The summed E-state index contributed by atoms with van der Waals surface area (Å²) in [5.41, 5.74) is 1.34. The number of alkyl carbamates (subject to hydrolysis) is 1. The maximum absolute atomic E-state index is 11.4. The molecule has 0 bridgehead atoms. The number of fused-ring (bicyclic) bond motifs is 1. The molecule has 0 saturated carbocycles. The normalized spacial score (nSPS) is 25.5. The minimum atomic E-state index is -2.65. The van der Waals surface area contributed by atoms with Gasteiger partial charge in [-0.05, 0) is 50.1 Å². The van der Waals surface area contributed by atoms with Crippen molar-refractivity contribution >= 4 is 17.0 Å². The molecule has 1 atom stereocenters. The van der Waals surface area contributed by atoms with Crippen molar-refractivity contribution in [1.82, 2.24) is 15.2 Å². The lowest BCUT2D eigenvalue weighted by atomic mass is 10.0. The van der Waals surface area contributed by atoms with E-state index in [2.05, 4.69) is 0 Å². The summed E-state index contributed by atoms with van der Waals surface area (Å²) in [5.74, 6) is 0. The third-order valence-electron chi connectivity index (χ3n) is 3.35. The number of likely N-dealkylation sites (N-methyl/N-ethyl adjacent to an activating group) is 1. The maximum Gasteiger partial charge on any atom is 0.407 e. The summed E-state index contributed by atoms with van der Waals surface area (Å²) in [6.07, 6.45) is -1.00. The molecule has 1 saturated heterocycles. The number of carbonyl (C=O) groups excluding carboxylic acids is 1. The van der Waals surface area contributed by atoms with E-state index in [9.17, 15) is 4.79 Å². The first kappa shape index (κ1) is 7.31. The number of nitrogens with zero attached hydrogens (tertiary/aromatic N) is 1. The average Bonchev–Trinajstić information content (AvgIpc) is 3.06. The van der Waals surface area contributed by atoms with Gasteiger partial charge in [-0.3, -0.25) is 0 Å². The first-order valence-corrected chi connectivity index (χ1v) is 6.64. The minimum absolute atomic E-state index is 0.0856. The van der Waals surface area contributed by atoms with Crippen LogP contribution in [0.5, 0.6) is 0 Å². The van der Waals surface area contributed by atoms with E-state index in [0.717, 1.165) is 22.9 Å². The number of amides is 1. The zero-order chi connectivity index (χ0) is 21.7. The molecule has 2 heterocycles. The standard InChI is InChI=1S/C16H21N3O2/c1-19(2)6-5-12-9-17-15-4-3-11(8-14(12)15)7-13-10-21-16(20)18-13/h3-4,8-9,13,17H,5-7,10H2,1-2H3,(H,18,20)/t13-/m0/s1/i1D3,6D2,9D/hD2. The van der Waals surface area contributed by atoms with Crippen molar-refractivity contribution < 1.29 is 20.6 Å². The van der Waals surface area contributed by atoms with Crippen molar-refractivity contribution in [2.75, 3.05) is 27.1 Å². The second-order valence-corrected chi connectivity index (χ2v) is 5.01. The first-order chi connectivity index (χ1) is 13.3. The van der Waals surface area contributed by atoms with Gasteiger partial charge in [0.2, 0.25) is 0 Å². The van der Waals surface area contributed by atoms with Crippen molar-refractivity contribution in [3.05, 3.63) is 35.5 Å². The van der Waals surface area contributed by atoms with Crippen LogP contribution in [0.15, 0.2) is 24.4 Å². The summed E-state index contributed by atoms with van der Waals surface area (Å²) < 4.78 is 67.5. The van der Waals surface area contributed by atoms with Crippen LogP contribution >= 0.6 is 0 Å². The molecule has 1 amide bonds. The van der Waals surface area contributed by atoms with Gasteiger partial charge in [-0.15, -0.1) is 0 Å². The van der Waals surface area contributed by atoms with E-state index >= 15 is 0 Å². The molecule has 1 aliphatic heterocycles. The molecule has 1 aliphatic rings. The average molecular weight is 295 g/mol. The molecular formula is C16H21N3O2. The molecule has 1 aromatic heterocycles. The lowest BCUT2D eigenvalue weighted by Crippen LogP contribution is -2.28. The van der Waals surface area contributed by atoms with E-state index < -0.39 is 25.6 Å². The molecule has 2 aromatic rings. The number of H-pyrrole nitrogens is 1. The quantitative estimate of drug-likeness (QED) is 0.886. The van der Waals surface area contributed by atoms with Crippen LogP contribution in [0.25, 0.3) is 10.9 Å². The first-order valence-electron chi connectivity index (χ1n) is 10.5. The molecule has 5 nitrogen and oxygen atoms in total. The zero-order valence-electron chi connectivity index (χ0n) is 19.6. The van der Waals surface area contributed by atoms with Gasteiger partial charge in [0.05, 0.1) is 7.41 Å². The summed E-state index contributed by atoms with van der Waals surface area (Å²) in [4.78, 5) is 12.9. The Kier molecular flexibility index (Phi) is 2.01. The monoisotopic (exact) mass is 295 g/mol. The van der Waals surface area contributed by atoms with Gasteiger partial charge in [0, 0.05) is 30.4 Å². The zero-order valence-corrected chi connectivity index (χ0v) is 11.6. The van der Waals surface area contributed by atoms with Crippen LogP contribution in [0.4, 0.5) is 4.79 Å². The summed E-state index contributed by atoms with van der Waals surface area (Å²) >= 11 is 0. The van der Waals surface area contributed by atoms with Crippen molar-refractivity contribution in [2.45, 2.75) is 18.9 Å². The van der Waals surface area contributed by atoms with Gasteiger partial charge in [0.15, 0.2) is 2.82 Å². The van der Waals surface area contributed by atoms with Crippen LogP contribution in [-0.2, 0) is 17.6 Å². The van der Waals surface area contributed by atoms with E-state index in [0.29, 0.717) is 22.2 Å². The van der Waals surface area contributed by atoms with Crippen molar-refractivity contribution in [1.29, 1.82) is 0 Å². The Morgan fingerprint density at radius 1 is 1.67 bits per heavy atom. The van der Waals surface area contributed by atoms with E-state index in [1.807, 2.05) is 0 Å². The van der Waals surface area contributed by atoms with E-state index in [1.165, 1.54) is 0 Å². The number of hydrogen-bond acceptors (Lipinski definition) is 3. The van der Waals surface area contributed by atoms with Crippen molar-refractivity contribution in [3.8, 4) is 0 Å². The smallest absolute Gasteiger partial charge is 0.407 e. The molecular weight excluding hydrogens is 266 g/mol. The number of carbonyl (C=O) groups is 1. The molecule has 0 unspecified atom stereocenters. The highest BCUT2D eigenvalue weighted by Gasteiger charge is 2.22. The van der Waals surface area contributed by atoms with Gasteiger partial charge in [-0.25, -0.2) is 4.79 Å². The van der Waals surface area contributed by atoms with Gasteiger partial charge in [-0.2, -0.15) is 0 Å². The topological polar surface area (TPSA) is 57.4 Å². The molecule has 112 valence electrons. The highest BCUT2D eigenvalue weighted by Crippen LogP contribution is 2.21. The highest BCUT2D eigenvalue weighted by molar-refractivity contribution is 5.84. The molecule has 1 aromatic carbocycles. The number of cyclic esters (lactones) is 1. The van der Waals surface area contributed by atoms with Crippen LogP contribution in [0, 0.1) is 0 Å². The van der Waals surface area contributed by atoms with Crippen LogP contribution in [0.3, 0.4) is 0 Å². The van der Waals surface area contributed by atoms with E-state index in [1.54, 1.807) is 18.2 Å². The minimum Gasteiger partial charge on any atom is -0.447 e. The molecule has 21 heavy (non-hydrogen) atoms. The number of aromatic nitrogens is 1. The SMILES string of the molecule is [2H]c1c(CC([2H])([2H])N(C)C([2H])([2H])[2H])c2cc(C[C@H]3COC(=O)N3[2H])ccc2n1[2H]. The summed E-state index contributed by atoms with van der Waals surface area (Å²) in [6.45, 7) is -4.83. The highest BCUT2D eigenvalue weighted by atomic mass is 16.6. The van der Waals surface area contributed by atoms with Crippen LogP contribution in [0.1, 0.15) is 19.4 Å². The number of aryl methyl sites for hydroxylation is 1. The number of hydrogen-bond donors (Lipinski definition) is 2. The maximum atomic E-state index is 11.4. The largest absolute Gasteiger partial charge is 0.447 e. The molecule has 1 fully saturated rings. The Balaban J connectivity index is 1.97.